The van der Waals surface area contributed by atoms with Crippen molar-refractivity contribution in [1.82, 2.24) is 5.43 Å². The molecule has 3 rings (SSSR count). The smallest absolute Gasteiger partial charge is 0.277 e. The maximum Gasteiger partial charge on any atom is 0.277 e. The molecule has 27 heavy (non-hydrogen) atoms. The second kappa shape index (κ2) is 8.67. The maximum atomic E-state index is 12.0. The second-order valence-corrected chi connectivity index (χ2v) is 7.89. The molecular weight excluding hydrogens is 472 g/mol. The van der Waals surface area contributed by atoms with Crippen LogP contribution in [0.15, 0.2) is 62.6 Å². The zero-order valence-electron chi connectivity index (χ0n) is 14.9. The Morgan fingerprint density at radius 2 is 1.93 bits per heavy atom. The van der Waals surface area contributed by atoms with Crippen molar-refractivity contribution in [3.8, 4) is 5.75 Å². The van der Waals surface area contributed by atoms with E-state index in [9.17, 15) is 4.79 Å². The van der Waals surface area contributed by atoms with Gasteiger partial charge in [-0.25, -0.2) is 5.43 Å². The fourth-order valence-electron chi connectivity index (χ4n) is 2.67. The van der Waals surface area contributed by atoms with Crippen molar-refractivity contribution in [1.29, 1.82) is 0 Å². The molecule has 1 amide bonds. The van der Waals surface area contributed by atoms with E-state index in [1.807, 2.05) is 56.3 Å². The third-order valence-electron chi connectivity index (χ3n) is 4.06. The van der Waals surface area contributed by atoms with Gasteiger partial charge in [0.2, 0.25) is 0 Å². The number of hydrazone groups is 1. The van der Waals surface area contributed by atoms with E-state index in [-0.39, 0.29) is 12.5 Å². The normalized spacial score (nSPS) is 11.1. The van der Waals surface area contributed by atoms with Crippen molar-refractivity contribution < 1.29 is 9.53 Å². The molecule has 6 heteroatoms. The van der Waals surface area contributed by atoms with Crippen molar-refractivity contribution in [3.63, 3.8) is 0 Å². The number of carbonyl (C=O) groups is 1. The van der Waals surface area contributed by atoms with Crippen molar-refractivity contribution in [2.24, 2.45) is 5.10 Å². The highest BCUT2D eigenvalue weighted by molar-refractivity contribution is 9.11. The fraction of sp³-hybridized carbons (Fsp3) is 0.143. The van der Waals surface area contributed by atoms with Gasteiger partial charge in [0.15, 0.2) is 6.61 Å². The van der Waals surface area contributed by atoms with Gasteiger partial charge in [0.1, 0.15) is 5.75 Å². The molecule has 1 N–H and O–H groups in total. The summed E-state index contributed by atoms with van der Waals surface area (Å²) in [5.41, 5.74) is 5.75. The fourth-order valence-corrected chi connectivity index (χ4v) is 3.66. The molecule has 0 aromatic heterocycles. The molecule has 0 unspecified atom stereocenters. The zero-order valence-corrected chi connectivity index (χ0v) is 18.1. The molecule has 0 saturated heterocycles. The van der Waals surface area contributed by atoms with Gasteiger partial charge in [-0.3, -0.25) is 4.79 Å². The minimum absolute atomic E-state index is 0.120. The van der Waals surface area contributed by atoms with Crippen LogP contribution in [0.4, 0.5) is 0 Å². The Balaban J connectivity index is 1.60. The number of amides is 1. The molecule has 0 aliphatic carbocycles. The first-order chi connectivity index (χ1) is 12.9. The number of fused-ring (bicyclic) bond motifs is 1. The van der Waals surface area contributed by atoms with Crippen LogP contribution >= 0.6 is 31.9 Å². The summed E-state index contributed by atoms with van der Waals surface area (Å²) in [5, 5.41) is 6.10. The van der Waals surface area contributed by atoms with E-state index in [4.69, 9.17) is 4.74 Å². The predicted octanol–water partition coefficient (Wildman–Crippen LogP) is 5.51. The van der Waals surface area contributed by atoms with E-state index in [0.29, 0.717) is 5.75 Å². The molecule has 0 saturated carbocycles. The second-order valence-electron chi connectivity index (χ2n) is 6.19. The van der Waals surface area contributed by atoms with E-state index in [1.54, 1.807) is 6.21 Å². The van der Waals surface area contributed by atoms with Crippen molar-refractivity contribution in [3.05, 3.63) is 74.2 Å². The van der Waals surface area contributed by atoms with Crippen LogP contribution in [0.1, 0.15) is 16.7 Å². The quantitative estimate of drug-likeness (QED) is 0.379. The Morgan fingerprint density at radius 1 is 1.11 bits per heavy atom. The van der Waals surface area contributed by atoms with Gasteiger partial charge in [-0.1, -0.05) is 51.8 Å². The number of nitrogens with zero attached hydrogens (tertiary/aromatic N) is 1. The molecule has 0 heterocycles. The van der Waals surface area contributed by atoms with E-state index in [0.717, 1.165) is 30.8 Å². The Kier molecular flexibility index (Phi) is 6.29. The Morgan fingerprint density at radius 3 is 2.70 bits per heavy atom. The molecule has 4 nitrogen and oxygen atoms in total. The summed E-state index contributed by atoms with van der Waals surface area (Å²) in [7, 11) is 0. The van der Waals surface area contributed by atoms with Gasteiger partial charge in [0, 0.05) is 4.47 Å². The monoisotopic (exact) mass is 488 g/mol. The van der Waals surface area contributed by atoms with Crippen LogP contribution in [0, 0.1) is 13.8 Å². The molecule has 3 aromatic rings. The molecular formula is C21H18Br2N2O2. The highest BCUT2D eigenvalue weighted by Gasteiger charge is 2.09. The third-order valence-corrected chi connectivity index (χ3v) is 5.37. The van der Waals surface area contributed by atoms with Crippen LogP contribution in [-0.4, -0.2) is 18.7 Å². The van der Waals surface area contributed by atoms with Gasteiger partial charge in [-0.2, -0.15) is 5.10 Å². The first kappa shape index (κ1) is 19.6. The summed E-state index contributed by atoms with van der Waals surface area (Å²) in [5.74, 6) is 0.289. The van der Waals surface area contributed by atoms with Crippen molar-refractivity contribution in [2.75, 3.05) is 6.61 Å². The lowest BCUT2D eigenvalue weighted by Gasteiger charge is -2.10. The number of carbonyl (C=O) groups excluding carboxylic acids is 1. The molecule has 0 spiro atoms. The zero-order chi connectivity index (χ0) is 19.4. The number of hydrogen-bond donors (Lipinski definition) is 1. The molecule has 138 valence electrons. The Bertz CT molecular complexity index is 1030. The molecule has 0 aliphatic heterocycles. The van der Waals surface area contributed by atoms with Crippen molar-refractivity contribution >= 4 is 54.8 Å². The van der Waals surface area contributed by atoms with Crippen LogP contribution in [0.5, 0.6) is 5.75 Å². The van der Waals surface area contributed by atoms with E-state index in [2.05, 4.69) is 48.5 Å². The van der Waals surface area contributed by atoms with E-state index < -0.39 is 0 Å². The summed E-state index contributed by atoms with van der Waals surface area (Å²) >= 11 is 7.01. The lowest BCUT2D eigenvalue weighted by Crippen LogP contribution is -2.24. The minimum Gasteiger partial charge on any atom is -0.483 e. The highest BCUT2D eigenvalue weighted by atomic mass is 79.9. The van der Waals surface area contributed by atoms with Gasteiger partial charge in [-0.15, -0.1) is 0 Å². The summed E-state index contributed by atoms with van der Waals surface area (Å²) in [6, 6.07) is 15.8. The average Bonchev–Trinajstić information content (AvgIpc) is 2.63. The number of ether oxygens (including phenoxy) is 1. The molecule has 0 radical (unpaired) electrons. The summed E-state index contributed by atoms with van der Waals surface area (Å²) in [6.07, 6.45) is 1.64. The topological polar surface area (TPSA) is 50.7 Å². The maximum absolute atomic E-state index is 12.0. The summed E-state index contributed by atoms with van der Waals surface area (Å²) < 4.78 is 7.46. The minimum atomic E-state index is -0.321. The Labute approximate surface area is 174 Å². The van der Waals surface area contributed by atoms with Crippen LogP contribution in [0.2, 0.25) is 0 Å². The standard InChI is InChI=1S/C21H18Br2N2O2/c1-13-3-4-16(14(2)9-13)11-24-25-20(26)12-27-19-8-5-15-10-17(22)6-7-18(15)21(19)23/h3-11H,12H2,1-2H3,(H,25,26). The van der Waals surface area contributed by atoms with Gasteiger partial charge in [0.05, 0.1) is 10.7 Å². The number of benzene rings is 3. The number of nitrogens with one attached hydrogen (secondary N) is 1. The summed E-state index contributed by atoms with van der Waals surface area (Å²) in [6.45, 7) is 3.93. The average molecular weight is 490 g/mol. The molecule has 0 fully saturated rings. The highest BCUT2D eigenvalue weighted by Crippen LogP contribution is 2.34. The van der Waals surface area contributed by atoms with Gasteiger partial charge in [0.25, 0.3) is 5.91 Å². The van der Waals surface area contributed by atoms with Crippen LogP contribution in [-0.2, 0) is 4.79 Å². The number of hydrogen-bond acceptors (Lipinski definition) is 3. The first-order valence-electron chi connectivity index (χ1n) is 8.34. The van der Waals surface area contributed by atoms with E-state index >= 15 is 0 Å². The lowest BCUT2D eigenvalue weighted by molar-refractivity contribution is -0.123. The van der Waals surface area contributed by atoms with E-state index in [1.165, 1.54) is 5.56 Å². The molecule has 3 aromatic carbocycles. The number of aryl methyl sites for hydroxylation is 2. The van der Waals surface area contributed by atoms with Crippen LogP contribution in [0.25, 0.3) is 10.8 Å². The summed E-state index contributed by atoms with van der Waals surface area (Å²) in [4.78, 5) is 12.0. The van der Waals surface area contributed by atoms with Gasteiger partial charge >= 0.3 is 0 Å². The number of halogens is 2. The third kappa shape index (κ3) is 4.96. The SMILES string of the molecule is Cc1ccc(C=NNC(=O)COc2ccc3cc(Br)ccc3c2Br)c(C)c1. The first-order valence-corrected chi connectivity index (χ1v) is 9.92. The van der Waals surface area contributed by atoms with Gasteiger partial charge < -0.3 is 4.74 Å². The lowest BCUT2D eigenvalue weighted by atomic mass is 10.1. The largest absolute Gasteiger partial charge is 0.483 e. The number of rotatable bonds is 5. The molecule has 0 atom stereocenters. The molecule has 0 bridgehead atoms. The van der Waals surface area contributed by atoms with Crippen LogP contribution < -0.4 is 10.2 Å². The molecule has 0 aliphatic rings. The predicted molar refractivity (Wildman–Crippen MR) is 116 cm³/mol. The van der Waals surface area contributed by atoms with Crippen molar-refractivity contribution in [2.45, 2.75) is 13.8 Å². The van der Waals surface area contributed by atoms with Crippen LogP contribution in [0.3, 0.4) is 0 Å². The Hall–Kier alpha value is -2.18. The van der Waals surface area contributed by atoms with Gasteiger partial charge in [-0.05, 0) is 69.9 Å².